The highest BCUT2D eigenvalue weighted by molar-refractivity contribution is 5.33. The van der Waals surface area contributed by atoms with Crippen LogP contribution < -0.4 is 0 Å². The van der Waals surface area contributed by atoms with Crippen molar-refractivity contribution in [2.24, 2.45) is 5.92 Å². The highest BCUT2D eigenvalue weighted by Gasteiger charge is 2.47. The van der Waals surface area contributed by atoms with Crippen molar-refractivity contribution in [3.63, 3.8) is 0 Å². The van der Waals surface area contributed by atoms with Gasteiger partial charge in [-0.3, -0.25) is 0 Å². The Labute approximate surface area is 126 Å². The molecule has 1 N–H and O–H groups in total. The summed E-state index contributed by atoms with van der Waals surface area (Å²) in [6.45, 7) is 0. The standard InChI is InChI=1S/C19H24O2/c20-19-13-7-6-12-17(19)15-10-4-5-11-16(15)18(21-19)14-8-2-1-3-9-14/h1-3,8-9,16,18,20H,4-7,10-13H2/t16-,18+,19-/m0/s1. The van der Waals surface area contributed by atoms with Gasteiger partial charge in [-0.25, -0.2) is 0 Å². The molecule has 3 aliphatic rings. The molecular formula is C19H24O2. The van der Waals surface area contributed by atoms with Crippen molar-refractivity contribution in [2.75, 3.05) is 0 Å². The van der Waals surface area contributed by atoms with Crippen molar-refractivity contribution in [1.29, 1.82) is 0 Å². The first-order valence-corrected chi connectivity index (χ1v) is 8.45. The van der Waals surface area contributed by atoms with Crippen LogP contribution in [0, 0.1) is 5.92 Å². The van der Waals surface area contributed by atoms with Gasteiger partial charge in [0.15, 0.2) is 5.79 Å². The number of fused-ring (bicyclic) bond motifs is 2. The maximum atomic E-state index is 11.1. The van der Waals surface area contributed by atoms with Crippen LogP contribution in [0.2, 0.25) is 0 Å². The van der Waals surface area contributed by atoms with Crippen molar-refractivity contribution >= 4 is 0 Å². The number of ether oxygens (including phenoxy) is 1. The fourth-order valence-corrected chi connectivity index (χ4v) is 4.54. The minimum atomic E-state index is -0.984. The van der Waals surface area contributed by atoms with Gasteiger partial charge in [0.2, 0.25) is 0 Å². The van der Waals surface area contributed by atoms with Crippen LogP contribution in [0.3, 0.4) is 0 Å². The Hall–Kier alpha value is -1.12. The van der Waals surface area contributed by atoms with E-state index in [0.717, 1.165) is 25.7 Å². The molecule has 1 aliphatic heterocycles. The molecular weight excluding hydrogens is 260 g/mol. The molecule has 0 radical (unpaired) electrons. The molecule has 2 nitrogen and oxygen atoms in total. The molecule has 3 atom stereocenters. The predicted molar refractivity (Wildman–Crippen MR) is 82.7 cm³/mol. The molecule has 1 aromatic rings. The summed E-state index contributed by atoms with van der Waals surface area (Å²) in [6, 6.07) is 10.5. The molecule has 4 rings (SSSR count). The summed E-state index contributed by atoms with van der Waals surface area (Å²) in [7, 11) is 0. The summed E-state index contributed by atoms with van der Waals surface area (Å²) in [5, 5.41) is 11.1. The first kappa shape index (κ1) is 13.5. The van der Waals surface area contributed by atoms with E-state index < -0.39 is 5.79 Å². The number of hydrogen-bond acceptors (Lipinski definition) is 2. The Kier molecular flexibility index (Phi) is 3.39. The monoisotopic (exact) mass is 284 g/mol. The maximum Gasteiger partial charge on any atom is 0.189 e. The molecule has 0 bridgehead atoms. The topological polar surface area (TPSA) is 29.5 Å². The van der Waals surface area contributed by atoms with Crippen LogP contribution in [0.5, 0.6) is 0 Å². The maximum absolute atomic E-state index is 11.1. The van der Waals surface area contributed by atoms with Crippen LogP contribution in [-0.4, -0.2) is 10.9 Å². The minimum absolute atomic E-state index is 0.0355. The van der Waals surface area contributed by atoms with E-state index in [9.17, 15) is 5.11 Å². The number of aliphatic hydroxyl groups is 1. The molecule has 1 heterocycles. The molecule has 0 spiro atoms. The van der Waals surface area contributed by atoms with Crippen molar-refractivity contribution in [2.45, 2.75) is 63.3 Å². The van der Waals surface area contributed by atoms with Crippen LogP contribution in [0.15, 0.2) is 41.5 Å². The lowest BCUT2D eigenvalue weighted by Crippen LogP contribution is -2.46. The van der Waals surface area contributed by atoms with Crippen LogP contribution in [0.1, 0.15) is 63.0 Å². The zero-order valence-electron chi connectivity index (χ0n) is 12.6. The average Bonchev–Trinajstić information content (AvgIpc) is 2.54. The molecule has 0 saturated heterocycles. The van der Waals surface area contributed by atoms with Gasteiger partial charge in [0.1, 0.15) is 0 Å². The van der Waals surface area contributed by atoms with E-state index >= 15 is 0 Å². The Bertz CT molecular complexity index is 548. The molecule has 0 unspecified atom stereocenters. The lowest BCUT2D eigenvalue weighted by Gasteiger charge is -2.48. The summed E-state index contributed by atoms with van der Waals surface area (Å²) in [4.78, 5) is 0. The third kappa shape index (κ3) is 2.25. The van der Waals surface area contributed by atoms with E-state index in [-0.39, 0.29) is 6.10 Å². The van der Waals surface area contributed by atoms with Crippen LogP contribution >= 0.6 is 0 Å². The third-order valence-electron chi connectivity index (χ3n) is 5.53. The van der Waals surface area contributed by atoms with Gasteiger partial charge in [-0.15, -0.1) is 0 Å². The van der Waals surface area contributed by atoms with Gasteiger partial charge in [-0.2, -0.15) is 0 Å². The van der Waals surface area contributed by atoms with Gasteiger partial charge >= 0.3 is 0 Å². The number of rotatable bonds is 1. The molecule has 112 valence electrons. The van der Waals surface area contributed by atoms with Gasteiger partial charge in [0.05, 0.1) is 6.10 Å². The smallest absolute Gasteiger partial charge is 0.189 e. The Balaban J connectivity index is 1.79. The minimum Gasteiger partial charge on any atom is -0.362 e. The average molecular weight is 284 g/mol. The van der Waals surface area contributed by atoms with E-state index in [4.69, 9.17) is 4.74 Å². The Morgan fingerprint density at radius 1 is 1.00 bits per heavy atom. The van der Waals surface area contributed by atoms with Gasteiger partial charge in [0.25, 0.3) is 0 Å². The summed E-state index contributed by atoms with van der Waals surface area (Å²) >= 11 is 0. The lowest BCUT2D eigenvalue weighted by molar-refractivity contribution is -0.238. The van der Waals surface area contributed by atoms with Gasteiger partial charge in [0, 0.05) is 12.3 Å². The van der Waals surface area contributed by atoms with E-state index in [0.29, 0.717) is 5.92 Å². The molecule has 2 aliphatic carbocycles. The molecule has 0 amide bonds. The SMILES string of the molecule is O[C@]12CCCCC1=C1CCCC[C@@H]1[C@@H](c1ccccc1)O2. The van der Waals surface area contributed by atoms with Gasteiger partial charge < -0.3 is 9.84 Å². The highest BCUT2D eigenvalue weighted by atomic mass is 16.6. The summed E-state index contributed by atoms with van der Waals surface area (Å²) in [6.07, 6.45) is 9.02. The quantitative estimate of drug-likeness (QED) is 0.769. The molecule has 2 fully saturated rings. The van der Waals surface area contributed by atoms with E-state index in [2.05, 4.69) is 24.3 Å². The number of benzene rings is 1. The van der Waals surface area contributed by atoms with E-state index in [1.54, 1.807) is 0 Å². The van der Waals surface area contributed by atoms with Crippen molar-refractivity contribution < 1.29 is 9.84 Å². The molecule has 2 heteroatoms. The molecule has 2 saturated carbocycles. The van der Waals surface area contributed by atoms with Crippen molar-refractivity contribution in [3.8, 4) is 0 Å². The van der Waals surface area contributed by atoms with Crippen LogP contribution in [0.25, 0.3) is 0 Å². The second-order valence-corrected chi connectivity index (χ2v) is 6.80. The fourth-order valence-electron chi connectivity index (χ4n) is 4.54. The van der Waals surface area contributed by atoms with E-state index in [1.807, 2.05) is 6.07 Å². The van der Waals surface area contributed by atoms with Crippen LogP contribution in [0.4, 0.5) is 0 Å². The fraction of sp³-hybridized carbons (Fsp3) is 0.579. The lowest BCUT2D eigenvalue weighted by atomic mass is 9.70. The zero-order chi connectivity index (χ0) is 14.3. The van der Waals surface area contributed by atoms with Crippen molar-refractivity contribution in [1.82, 2.24) is 0 Å². The summed E-state index contributed by atoms with van der Waals surface area (Å²) in [5.41, 5.74) is 3.99. The Morgan fingerprint density at radius 2 is 1.81 bits per heavy atom. The third-order valence-corrected chi connectivity index (χ3v) is 5.53. The summed E-state index contributed by atoms with van der Waals surface area (Å²) in [5.74, 6) is -0.503. The first-order chi connectivity index (χ1) is 10.3. The normalized spacial score (nSPS) is 36.0. The predicted octanol–water partition coefficient (Wildman–Crippen LogP) is 4.51. The van der Waals surface area contributed by atoms with Gasteiger partial charge in [-0.1, -0.05) is 42.3 Å². The number of hydrogen-bond donors (Lipinski definition) is 1. The Morgan fingerprint density at radius 3 is 2.67 bits per heavy atom. The molecule has 0 aromatic heterocycles. The summed E-state index contributed by atoms with van der Waals surface area (Å²) < 4.78 is 6.33. The van der Waals surface area contributed by atoms with Crippen LogP contribution in [-0.2, 0) is 4.74 Å². The first-order valence-electron chi connectivity index (χ1n) is 8.45. The van der Waals surface area contributed by atoms with Gasteiger partial charge in [-0.05, 0) is 49.7 Å². The molecule has 1 aromatic carbocycles. The second-order valence-electron chi connectivity index (χ2n) is 6.80. The molecule has 21 heavy (non-hydrogen) atoms. The zero-order valence-corrected chi connectivity index (χ0v) is 12.6. The largest absolute Gasteiger partial charge is 0.362 e. The van der Waals surface area contributed by atoms with E-state index in [1.165, 1.54) is 42.4 Å². The second kappa shape index (κ2) is 5.26. The van der Waals surface area contributed by atoms with Crippen molar-refractivity contribution in [3.05, 3.63) is 47.0 Å². The highest BCUT2D eigenvalue weighted by Crippen LogP contribution is 2.53.